The molecule has 0 spiro atoms. The number of nitrogens with zero attached hydrogens (tertiary/aromatic N) is 2. The minimum absolute atomic E-state index is 0.0104. The summed E-state index contributed by atoms with van der Waals surface area (Å²) in [5, 5.41) is 12.8. The van der Waals surface area contributed by atoms with Crippen molar-refractivity contribution in [3.8, 4) is 5.69 Å². The molecule has 0 unspecified atom stereocenters. The van der Waals surface area contributed by atoms with Gasteiger partial charge in [0.25, 0.3) is 16.8 Å². The van der Waals surface area contributed by atoms with E-state index < -0.39 is 16.1 Å². The van der Waals surface area contributed by atoms with Crippen molar-refractivity contribution in [2.24, 2.45) is 0 Å². The van der Waals surface area contributed by atoms with Crippen LogP contribution in [0.2, 0.25) is 0 Å². The van der Waals surface area contributed by atoms with Crippen molar-refractivity contribution >= 4 is 34.7 Å². The number of thioether (sulfide) groups is 1. The first-order valence-corrected chi connectivity index (χ1v) is 7.87. The van der Waals surface area contributed by atoms with Gasteiger partial charge in [0.2, 0.25) is 0 Å². The van der Waals surface area contributed by atoms with Crippen molar-refractivity contribution in [3.05, 3.63) is 62.3 Å². The first-order valence-electron chi connectivity index (χ1n) is 7.05. The normalized spacial score (nSPS) is 15.8. The van der Waals surface area contributed by atoms with Crippen LogP contribution >= 0.6 is 11.8 Å². The molecular weight excluding hydrogens is 330 g/mol. The quantitative estimate of drug-likeness (QED) is 0.524. The summed E-state index contributed by atoms with van der Waals surface area (Å²) in [6.07, 6.45) is 1.65. The van der Waals surface area contributed by atoms with Gasteiger partial charge in [-0.3, -0.25) is 25.0 Å². The van der Waals surface area contributed by atoms with E-state index in [0.717, 1.165) is 28.7 Å². The average molecular weight is 343 g/mol. The molecule has 1 aromatic heterocycles. The fourth-order valence-electron chi connectivity index (χ4n) is 2.64. The highest BCUT2D eigenvalue weighted by Gasteiger charge is 2.25. The molecule has 2 aromatic rings. The van der Waals surface area contributed by atoms with Gasteiger partial charge < -0.3 is 4.57 Å². The van der Waals surface area contributed by atoms with Crippen LogP contribution < -0.4 is 5.32 Å². The summed E-state index contributed by atoms with van der Waals surface area (Å²) in [4.78, 5) is 33.8. The molecule has 1 N–H and O–H groups in total. The van der Waals surface area contributed by atoms with Gasteiger partial charge in [-0.2, -0.15) is 0 Å². The number of amides is 2. The summed E-state index contributed by atoms with van der Waals surface area (Å²) < 4.78 is 1.87. The van der Waals surface area contributed by atoms with Crippen LogP contribution in [-0.4, -0.2) is 20.6 Å². The molecule has 0 radical (unpaired) electrons. The number of nitrogens with one attached hydrogen (secondary N) is 1. The first-order chi connectivity index (χ1) is 11.4. The zero-order chi connectivity index (χ0) is 17.4. The van der Waals surface area contributed by atoms with Crippen molar-refractivity contribution in [3.63, 3.8) is 0 Å². The number of carbonyl (C=O) groups is 2. The maximum Gasteiger partial charge on any atom is 0.290 e. The number of nitro groups is 1. The molecule has 3 rings (SSSR count). The molecule has 122 valence electrons. The Bertz CT molecular complexity index is 914. The number of nitro benzene ring substituents is 1. The number of non-ortho nitro benzene ring substituents is 1. The zero-order valence-corrected chi connectivity index (χ0v) is 13.7. The van der Waals surface area contributed by atoms with Crippen molar-refractivity contribution in [1.29, 1.82) is 0 Å². The second kappa shape index (κ2) is 5.97. The highest BCUT2D eigenvalue weighted by molar-refractivity contribution is 8.18. The predicted octanol–water partition coefficient (Wildman–Crippen LogP) is 3.33. The lowest BCUT2D eigenvalue weighted by Gasteiger charge is -2.09. The topological polar surface area (TPSA) is 94.2 Å². The molecule has 7 nitrogen and oxygen atoms in total. The molecule has 24 heavy (non-hydrogen) atoms. The van der Waals surface area contributed by atoms with Crippen molar-refractivity contribution in [2.45, 2.75) is 13.8 Å². The van der Waals surface area contributed by atoms with Gasteiger partial charge in [0.05, 0.1) is 15.5 Å². The second-order valence-electron chi connectivity index (χ2n) is 5.29. The number of rotatable bonds is 3. The number of hydrogen-bond donors (Lipinski definition) is 1. The maximum atomic E-state index is 11.7. The lowest BCUT2D eigenvalue weighted by Crippen LogP contribution is -2.17. The van der Waals surface area contributed by atoms with Crippen LogP contribution in [0.1, 0.15) is 17.0 Å². The molecule has 1 aromatic carbocycles. The van der Waals surface area contributed by atoms with E-state index in [1.165, 1.54) is 12.1 Å². The highest BCUT2D eigenvalue weighted by atomic mass is 32.2. The number of imide groups is 1. The lowest BCUT2D eigenvalue weighted by molar-refractivity contribution is -0.384. The minimum Gasteiger partial charge on any atom is -0.318 e. The van der Waals surface area contributed by atoms with Crippen LogP contribution in [0.3, 0.4) is 0 Å². The Kier molecular flexibility index (Phi) is 3.98. The standard InChI is InChI=1S/C16H13N3O4S/c1-9-6-11(7-14-15(20)17-16(21)24-14)10(2)18(9)12-4-3-5-13(8-12)19(22)23/h3-8H,1-2H3,(H,17,20,21)/b14-7+. The van der Waals surface area contributed by atoms with E-state index in [4.69, 9.17) is 0 Å². The lowest BCUT2D eigenvalue weighted by atomic mass is 10.2. The largest absolute Gasteiger partial charge is 0.318 e. The Morgan fingerprint density at radius 2 is 2.00 bits per heavy atom. The molecule has 2 amide bonds. The summed E-state index contributed by atoms with van der Waals surface area (Å²) in [6.45, 7) is 3.73. The monoisotopic (exact) mass is 343 g/mol. The van der Waals surface area contributed by atoms with Crippen molar-refractivity contribution in [1.82, 2.24) is 9.88 Å². The molecule has 2 heterocycles. The Balaban J connectivity index is 2.06. The van der Waals surface area contributed by atoms with Crippen LogP contribution in [0, 0.1) is 24.0 Å². The van der Waals surface area contributed by atoms with E-state index in [0.29, 0.717) is 10.6 Å². The Labute approximate surface area is 141 Å². The molecule has 1 aliphatic heterocycles. The Hall–Kier alpha value is -2.87. The van der Waals surface area contributed by atoms with Gasteiger partial charge in [-0.05, 0) is 49.4 Å². The van der Waals surface area contributed by atoms with Crippen LogP contribution in [0.25, 0.3) is 11.8 Å². The Morgan fingerprint density at radius 3 is 2.62 bits per heavy atom. The van der Waals surface area contributed by atoms with Gasteiger partial charge in [0.1, 0.15) is 0 Å². The van der Waals surface area contributed by atoms with Gasteiger partial charge in [-0.15, -0.1) is 0 Å². The van der Waals surface area contributed by atoms with Gasteiger partial charge >= 0.3 is 0 Å². The highest BCUT2D eigenvalue weighted by Crippen LogP contribution is 2.29. The summed E-state index contributed by atoms with van der Waals surface area (Å²) >= 11 is 0.857. The summed E-state index contributed by atoms with van der Waals surface area (Å²) in [6, 6.07) is 8.22. The smallest absolute Gasteiger partial charge is 0.290 e. The molecule has 1 aliphatic rings. The van der Waals surface area contributed by atoms with Crippen LogP contribution in [-0.2, 0) is 4.79 Å². The van der Waals surface area contributed by atoms with Crippen LogP contribution in [0.5, 0.6) is 0 Å². The fourth-order valence-corrected chi connectivity index (χ4v) is 3.31. The van der Waals surface area contributed by atoms with E-state index >= 15 is 0 Å². The number of carbonyl (C=O) groups excluding carboxylic acids is 2. The Morgan fingerprint density at radius 1 is 1.25 bits per heavy atom. The van der Waals surface area contributed by atoms with Gasteiger partial charge in [-0.25, -0.2) is 0 Å². The molecule has 1 fully saturated rings. The minimum atomic E-state index is -0.439. The summed E-state index contributed by atoms with van der Waals surface area (Å²) in [5.41, 5.74) is 3.16. The molecule has 8 heteroatoms. The van der Waals surface area contributed by atoms with Crippen molar-refractivity contribution < 1.29 is 14.5 Å². The van der Waals surface area contributed by atoms with Gasteiger partial charge in [0, 0.05) is 23.5 Å². The molecule has 1 saturated heterocycles. The predicted molar refractivity (Wildman–Crippen MR) is 91.0 cm³/mol. The molecule has 0 atom stereocenters. The van der Waals surface area contributed by atoms with E-state index in [1.54, 1.807) is 18.2 Å². The number of aryl methyl sites for hydroxylation is 1. The van der Waals surface area contributed by atoms with E-state index in [2.05, 4.69) is 5.32 Å². The summed E-state index contributed by atoms with van der Waals surface area (Å²) in [5.74, 6) is -0.412. The first kappa shape index (κ1) is 16.0. The zero-order valence-electron chi connectivity index (χ0n) is 12.9. The third kappa shape index (κ3) is 2.83. The van der Waals surface area contributed by atoms with Crippen LogP contribution in [0.4, 0.5) is 10.5 Å². The van der Waals surface area contributed by atoms with Gasteiger partial charge in [0.15, 0.2) is 0 Å². The molecule has 0 saturated carbocycles. The molecule has 0 aliphatic carbocycles. The number of aromatic nitrogens is 1. The molecular formula is C16H13N3O4S. The third-order valence-corrected chi connectivity index (χ3v) is 4.51. The second-order valence-corrected chi connectivity index (χ2v) is 6.31. The molecule has 0 bridgehead atoms. The summed E-state index contributed by atoms with van der Waals surface area (Å²) in [7, 11) is 0. The number of hydrogen-bond acceptors (Lipinski definition) is 5. The number of benzene rings is 1. The third-order valence-electron chi connectivity index (χ3n) is 3.70. The van der Waals surface area contributed by atoms with E-state index in [9.17, 15) is 19.7 Å². The van der Waals surface area contributed by atoms with E-state index in [1.807, 2.05) is 24.5 Å². The SMILES string of the molecule is Cc1cc(/C=C2/SC(=O)NC2=O)c(C)n1-c1cccc([N+](=O)[O-])c1. The fraction of sp³-hybridized carbons (Fsp3) is 0.125. The van der Waals surface area contributed by atoms with E-state index in [-0.39, 0.29) is 5.69 Å². The van der Waals surface area contributed by atoms with Crippen molar-refractivity contribution in [2.75, 3.05) is 0 Å². The average Bonchev–Trinajstić information content (AvgIpc) is 2.98. The van der Waals surface area contributed by atoms with Crippen LogP contribution in [0.15, 0.2) is 35.2 Å². The maximum absolute atomic E-state index is 11.7. The van der Waals surface area contributed by atoms with Gasteiger partial charge in [-0.1, -0.05) is 6.07 Å².